The van der Waals surface area contributed by atoms with Gasteiger partial charge in [-0.1, -0.05) is 56.7 Å². The first-order chi connectivity index (χ1) is 14.5. The summed E-state index contributed by atoms with van der Waals surface area (Å²) < 4.78 is 21.1. The van der Waals surface area contributed by atoms with E-state index in [-0.39, 0.29) is 30.1 Å². The molecule has 3 atom stereocenters. The highest BCUT2D eigenvalue weighted by molar-refractivity contribution is 7.99. The van der Waals surface area contributed by atoms with E-state index in [1.54, 1.807) is 24.3 Å². The number of thioether (sulfide) groups is 1. The molecule has 1 saturated carbocycles. The fourth-order valence-electron chi connectivity index (χ4n) is 3.71. The lowest BCUT2D eigenvalue weighted by molar-refractivity contribution is -0.120. The van der Waals surface area contributed by atoms with Crippen LogP contribution in [0, 0.1) is 17.7 Å². The van der Waals surface area contributed by atoms with Crippen molar-refractivity contribution < 1.29 is 13.9 Å². The quantitative estimate of drug-likeness (QED) is 0.475. The fourth-order valence-corrected chi connectivity index (χ4v) is 4.49. The summed E-state index contributed by atoms with van der Waals surface area (Å²) in [6.07, 6.45) is 5.14. The highest BCUT2D eigenvalue weighted by Gasteiger charge is 2.28. The number of benzene rings is 1. The number of carbonyl (C=O) groups is 1. The zero-order valence-electron chi connectivity index (χ0n) is 17.5. The van der Waals surface area contributed by atoms with E-state index in [1.165, 1.54) is 24.2 Å². The number of nitrogens with one attached hydrogen (secondary N) is 1. The van der Waals surface area contributed by atoms with Crippen LogP contribution in [0.4, 0.5) is 4.39 Å². The van der Waals surface area contributed by atoms with Crippen LogP contribution in [0.3, 0.4) is 0 Å². The van der Waals surface area contributed by atoms with E-state index >= 15 is 0 Å². The first-order valence-electron chi connectivity index (χ1n) is 10.3. The van der Waals surface area contributed by atoms with Gasteiger partial charge in [0, 0.05) is 12.6 Å². The Kier molecular flexibility index (Phi) is 7.90. The molecule has 1 aromatic carbocycles. The van der Waals surface area contributed by atoms with Crippen LogP contribution in [0.25, 0.3) is 0 Å². The second-order valence-electron chi connectivity index (χ2n) is 7.75. The standard InChI is InChI=1S/C22H29FN4O2S/c1-4-12-27-20(13-29-19-11-6-5-9-17(19)23)25-26-22(27)30-14-21(28)24-18-10-7-8-15(2)16(18)3/h4-6,9,11,15-16,18H,1,7-8,10,12-14H2,2-3H3,(H,24,28). The lowest BCUT2D eigenvalue weighted by Crippen LogP contribution is -2.44. The van der Waals surface area contributed by atoms with Crippen molar-refractivity contribution in [2.45, 2.75) is 57.5 Å². The highest BCUT2D eigenvalue weighted by Crippen LogP contribution is 2.29. The van der Waals surface area contributed by atoms with Crippen LogP contribution in [0.1, 0.15) is 38.9 Å². The van der Waals surface area contributed by atoms with Crippen LogP contribution in [-0.4, -0.2) is 32.5 Å². The van der Waals surface area contributed by atoms with Crippen molar-refractivity contribution in [3.05, 3.63) is 48.6 Å². The van der Waals surface area contributed by atoms with Gasteiger partial charge in [0.25, 0.3) is 0 Å². The Morgan fingerprint density at radius 2 is 2.17 bits per heavy atom. The molecule has 0 aliphatic heterocycles. The molecule has 0 spiro atoms. The lowest BCUT2D eigenvalue weighted by Gasteiger charge is -2.34. The number of hydrogen-bond donors (Lipinski definition) is 1. The Morgan fingerprint density at radius 3 is 2.93 bits per heavy atom. The molecule has 1 aromatic heterocycles. The molecule has 30 heavy (non-hydrogen) atoms. The Morgan fingerprint density at radius 1 is 1.37 bits per heavy atom. The van der Waals surface area contributed by atoms with E-state index in [1.807, 2.05) is 4.57 Å². The van der Waals surface area contributed by atoms with Gasteiger partial charge in [-0.3, -0.25) is 9.36 Å². The van der Waals surface area contributed by atoms with E-state index < -0.39 is 5.82 Å². The van der Waals surface area contributed by atoms with Gasteiger partial charge in [0.1, 0.15) is 6.61 Å². The lowest BCUT2D eigenvalue weighted by atomic mass is 9.78. The maximum Gasteiger partial charge on any atom is 0.230 e. The minimum atomic E-state index is -0.426. The summed E-state index contributed by atoms with van der Waals surface area (Å²) in [5.74, 6) is 1.67. The smallest absolute Gasteiger partial charge is 0.230 e. The van der Waals surface area contributed by atoms with Crippen molar-refractivity contribution in [1.82, 2.24) is 20.1 Å². The number of halogens is 1. The normalized spacial score (nSPS) is 21.2. The molecule has 0 radical (unpaired) electrons. The Labute approximate surface area is 181 Å². The topological polar surface area (TPSA) is 69.0 Å². The minimum Gasteiger partial charge on any atom is -0.483 e. The van der Waals surface area contributed by atoms with Gasteiger partial charge >= 0.3 is 0 Å². The van der Waals surface area contributed by atoms with E-state index in [4.69, 9.17) is 4.74 Å². The van der Waals surface area contributed by atoms with Gasteiger partial charge < -0.3 is 10.1 Å². The van der Waals surface area contributed by atoms with Gasteiger partial charge in [-0.2, -0.15) is 0 Å². The maximum atomic E-state index is 13.8. The molecular formula is C22H29FN4O2S. The van der Waals surface area contributed by atoms with Crippen LogP contribution < -0.4 is 10.1 Å². The SMILES string of the molecule is C=CCn1c(COc2ccccc2F)nnc1SCC(=O)NC1CCCC(C)C1C. The molecule has 1 amide bonds. The van der Waals surface area contributed by atoms with Gasteiger partial charge in [-0.15, -0.1) is 16.8 Å². The highest BCUT2D eigenvalue weighted by atomic mass is 32.2. The van der Waals surface area contributed by atoms with Crippen LogP contribution in [0.5, 0.6) is 5.75 Å². The number of rotatable bonds is 9. The largest absolute Gasteiger partial charge is 0.483 e. The van der Waals surface area contributed by atoms with Gasteiger partial charge in [0.05, 0.1) is 5.75 Å². The number of hydrogen-bond acceptors (Lipinski definition) is 5. The monoisotopic (exact) mass is 432 g/mol. The molecular weight excluding hydrogens is 403 g/mol. The van der Waals surface area contributed by atoms with Crippen molar-refractivity contribution >= 4 is 17.7 Å². The molecule has 2 aromatic rings. The molecule has 0 saturated heterocycles. The molecule has 1 aliphatic carbocycles. The summed E-state index contributed by atoms with van der Waals surface area (Å²) in [4.78, 5) is 12.5. The van der Waals surface area contributed by atoms with Gasteiger partial charge in [0.2, 0.25) is 5.91 Å². The zero-order chi connectivity index (χ0) is 21.5. The Balaban J connectivity index is 1.58. The zero-order valence-corrected chi connectivity index (χ0v) is 18.3. The third-order valence-electron chi connectivity index (χ3n) is 5.68. The number of aromatic nitrogens is 3. The average molecular weight is 433 g/mol. The molecule has 1 fully saturated rings. The van der Waals surface area contributed by atoms with Gasteiger partial charge in [-0.25, -0.2) is 4.39 Å². The van der Waals surface area contributed by atoms with E-state index in [9.17, 15) is 9.18 Å². The first kappa shape index (κ1) is 22.3. The molecule has 162 valence electrons. The van der Waals surface area contributed by atoms with Crippen molar-refractivity contribution in [1.29, 1.82) is 0 Å². The minimum absolute atomic E-state index is 0.00302. The molecule has 1 N–H and O–H groups in total. The summed E-state index contributed by atoms with van der Waals surface area (Å²) in [6.45, 7) is 8.79. The van der Waals surface area contributed by atoms with Crippen molar-refractivity contribution in [3.8, 4) is 5.75 Å². The van der Waals surface area contributed by atoms with Crippen molar-refractivity contribution in [3.63, 3.8) is 0 Å². The second-order valence-corrected chi connectivity index (χ2v) is 8.69. The van der Waals surface area contributed by atoms with Gasteiger partial charge in [-0.05, 0) is 30.4 Å². The maximum absolute atomic E-state index is 13.8. The van der Waals surface area contributed by atoms with E-state index in [0.717, 1.165) is 12.8 Å². The number of para-hydroxylation sites is 1. The van der Waals surface area contributed by atoms with E-state index in [0.29, 0.717) is 29.4 Å². The van der Waals surface area contributed by atoms with Gasteiger partial charge in [0.15, 0.2) is 22.5 Å². The number of carbonyl (C=O) groups excluding carboxylic acids is 1. The molecule has 3 unspecified atom stereocenters. The summed E-state index contributed by atoms with van der Waals surface area (Å²) in [5, 5.41) is 12.1. The molecule has 1 heterocycles. The van der Waals surface area contributed by atoms with Crippen molar-refractivity contribution in [2.24, 2.45) is 11.8 Å². The number of amides is 1. The molecule has 6 nitrogen and oxygen atoms in total. The summed E-state index contributed by atoms with van der Waals surface area (Å²) in [7, 11) is 0. The molecule has 8 heteroatoms. The third kappa shape index (κ3) is 5.62. The molecule has 1 aliphatic rings. The summed E-state index contributed by atoms with van der Waals surface area (Å²) in [6, 6.07) is 6.46. The fraction of sp³-hybridized carbons (Fsp3) is 0.500. The van der Waals surface area contributed by atoms with E-state index in [2.05, 4.69) is 35.9 Å². The van der Waals surface area contributed by atoms with Crippen LogP contribution >= 0.6 is 11.8 Å². The third-order valence-corrected chi connectivity index (χ3v) is 6.65. The Hall–Kier alpha value is -2.35. The summed E-state index contributed by atoms with van der Waals surface area (Å²) >= 11 is 1.33. The summed E-state index contributed by atoms with van der Waals surface area (Å²) in [5.41, 5.74) is 0. The predicted octanol–water partition coefficient (Wildman–Crippen LogP) is 4.22. The Bertz CT molecular complexity index is 873. The number of nitrogens with zero attached hydrogens (tertiary/aromatic N) is 3. The molecule has 0 bridgehead atoms. The average Bonchev–Trinajstić information content (AvgIpc) is 3.11. The first-order valence-corrected chi connectivity index (χ1v) is 11.3. The van der Waals surface area contributed by atoms with Crippen molar-refractivity contribution in [2.75, 3.05) is 5.75 Å². The van der Waals surface area contributed by atoms with Crippen LogP contribution in [-0.2, 0) is 17.9 Å². The van der Waals surface area contributed by atoms with Crippen LogP contribution in [0.2, 0.25) is 0 Å². The predicted molar refractivity (Wildman–Crippen MR) is 116 cm³/mol. The number of allylic oxidation sites excluding steroid dienone is 1. The molecule has 3 rings (SSSR count). The number of ether oxygens (including phenoxy) is 1. The van der Waals surface area contributed by atoms with Crippen LogP contribution in [0.15, 0.2) is 42.1 Å². The second kappa shape index (κ2) is 10.6.